The van der Waals surface area contributed by atoms with Crippen molar-refractivity contribution in [3.05, 3.63) is 6.61 Å². The molecule has 0 aliphatic heterocycles. The highest BCUT2D eigenvalue weighted by molar-refractivity contribution is 6.24. The summed E-state index contributed by atoms with van der Waals surface area (Å²) in [5, 5.41) is 0. The molecule has 0 heterocycles. The maximum absolute atomic E-state index is 4.85. The van der Waals surface area contributed by atoms with Crippen molar-refractivity contribution < 1.29 is 4.43 Å². The van der Waals surface area contributed by atoms with Gasteiger partial charge in [-0.3, -0.25) is 0 Å². The zero-order chi connectivity index (χ0) is 4.12. The minimum Gasteiger partial charge on any atom is -0.419 e. The van der Waals surface area contributed by atoms with Crippen molar-refractivity contribution in [3.63, 3.8) is 0 Å². The summed E-state index contributed by atoms with van der Waals surface area (Å²) < 4.78 is 4.85. The minimum absolute atomic E-state index is 0.142. The molecule has 0 aliphatic rings. The van der Waals surface area contributed by atoms with E-state index in [1.54, 1.807) is 6.61 Å². The van der Waals surface area contributed by atoms with Crippen molar-refractivity contribution in [2.24, 2.45) is 0 Å². The summed E-state index contributed by atoms with van der Waals surface area (Å²) in [6, 6.07) is 0. The maximum atomic E-state index is 4.85. The van der Waals surface area contributed by atoms with E-state index < -0.39 is 0 Å². The molecule has 0 aromatic rings. The first kappa shape index (κ1) is 5.18. The van der Waals surface area contributed by atoms with Crippen LogP contribution in [0.2, 0.25) is 6.55 Å². The number of hydrogen-bond acceptors (Lipinski definition) is 1. The van der Waals surface area contributed by atoms with E-state index in [0.29, 0.717) is 0 Å². The molecular weight excluding hydrogens is 80.1 g/mol. The van der Waals surface area contributed by atoms with E-state index in [1.165, 1.54) is 0 Å². The molecule has 5 heavy (non-hydrogen) atoms. The van der Waals surface area contributed by atoms with Crippen molar-refractivity contribution in [2.75, 3.05) is 0 Å². The van der Waals surface area contributed by atoms with Crippen LogP contribution in [0.15, 0.2) is 0 Å². The topological polar surface area (TPSA) is 9.23 Å². The Morgan fingerprint density at radius 2 is 2.40 bits per heavy atom. The van der Waals surface area contributed by atoms with Crippen LogP contribution in [0.1, 0.15) is 6.92 Å². The van der Waals surface area contributed by atoms with Gasteiger partial charge < -0.3 is 4.43 Å². The van der Waals surface area contributed by atoms with Gasteiger partial charge >= 0.3 is 0 Å². The molecule has 0 bridgehead atoms. The molecule has 0 unspecified atom stereocenters. The molecule has 0 aromatic heterocycles. The number of rotatable bonds is 2. The largest absolute Gasteiger partial charge is 0.419 e. The van der Waals surface area contributed by atoms with Crippen LogP contribution in [0.5, 0.6) is 0 Å². The SMILES string of the molecule is C[CH]O[SiH2]C. The monoisotopic (exact) mass is 89.0 g/mol. The van der Waals surface area contributed by atoms with Crippen LogP contribution >= 0.6 is 0 Å². The van der Waals surface area contributed by atoms with Crippen molar-refractivity contribution >= 4 is 9.76 Å². The van der Waals surface area contributed by atoms with Crippen LogP contribution in [-0.4, -0.2) is 9.76 Å². The summed E-state index contributed by atoms with van der Waals surface area (Å²) in [5.74, 6) is 0. The third-order valence-corrected chi connectivity index (χ3v) is 1.00. The minimum atomic E-state index is -0.142. The van der Waals surface area contributed by atoms with Gasteiger partial charge in [-0.2, -0.15) is 0 Å². The third kappa shape index (κ3) is 4.18. The first-order valence-electron chi connectivity index (χ1n) is 1.81. The molecule has 0 saturated carbocycles. The van der Waals surface area contributed by atoms with E-state index in [0.717, 1.165) is 0 Å². The second-order valence-electron chi connectivity index (χ2n) is 0.691. The van der Waals surface area contributed by atoms with Gasteiger partial charge in [0, 0.05) is 0 Å². The fourth-order valence-corrected chi connectivity index (χ4v) is 0.500. The fraction of sp³-hybridized carbons (Fsp3) is 0.667. The van der Waals surface area contributed by atoms with E-state index in [1.807, 2.05) is 6.92 Å². The molecule has 0 rings (SSSR count). The predicted octanol–water partition coefficient (Wildman–Crippen LogP) is 0.317. The number of hydrogen-bond donors (Lipinski definition) is 0. The second kappa shape index (κ2) is 4.18. The Morgan fingerprint density at radius 3 is 2.40 bits per heavy atom. The molecule has 0 aromatic carbocycles. The Morgan fingerprint density at radius 1 is 1.80 bits per heavy atom. The summed E-state index contributed by atoms with van der Waals surface area (Å²) >= 11 is 0. The molecule has 1 nitrogen and oxygen atoms in total. The lowest BCUT2D eigenvalue weighted by Crippen LogP contribution is -1.83. The lowest BCUT2D eigenvalue weighted by atomic mass is 10.9. The zero-order valence-corrected chi connectivity index (χ0v) is 5.11. The molecule has 0 atom stereocenters. The Balaban J connectivity index is 2.19. The van der Waals surface area contributed by atoms with Crippen LogP contribution in [0, 0.1) is 6.61 Å². The quantitative estimate of drug-likeness (QED) is 0.443. The van der Waals surface area contributed by atoms with Gasteiger partial charge in [0.05, 0.1) is 6.61 Å². The Hall–Kier alpha value is 0.177. The summed E-state index contributed by atoms with van der Waals surface area (Å²) in [7, 11) is -0.142. The Kier molecular flexibility index (Phi) is 4.32. The normalized spacial score (nSPS) is 10.8. The molecule has 31 valence electrons. The standard InChI is InChI=1S/C3H9OSi/c1-3-4-5-2/h3H,5H2,1-2H3. The lowest BCUT2D eigenvalue weighted by Gasteiger charge is -1.85. The highest BCUT2D eigenvalue weighted by Crippen LogP contribution is 1.69. The molecule has 1 radical (unpaired) electrons. The molecule has 0 N–H and O–H groups in total. The van der Waals surface area contributed by atoms with Crippen LogP contribution < -0.4 is 0 Å². The first-order chi connectivity index (χ1) is 2.41. The van der Waals surface area contributed by atoms with Crippen molar-refractivity contribution in [3.8, 4) is 0 Å². The van der Waals surface area contributed by atoms with Gasteiger partial charge in [-0.05, 0) is 6.92 Å². The second-order valence-corrected chi connectivity index (χ2v) is 1.60. The van der Waals surface area contributed by atoms with E-state index in [2.05, 4.69) is 6.55 Å². The average molecular weight is 89.2 g/mol. The van der Waals surface area contributed by atoms with E-state index in [-0.39, 0.29) is 9.76 Å². The van der Waals surface area contributed by atoms with Crippen LogP contribution in [0.3, 0.4) is 0 Å². The fourth-order valence-electron chi connectivity index (χ4n) is 0.167. The van der Waals surface area contributed by atoms with Crippen molar-refractivity contribution in [1.29, 1.82) is 0 Å². The highest BCUT2D eigenvalue weighted by Gasteiger charge is 1.66. The molecule has 0 fully saturated rings. The van der Waals surface area contributed by atoms with Gasteiger partial charge in [-0.15, -0.1) is 0 Å². The zero-order valence-electron chi connectivity index (χ0n) is 3.69. The van der Waals surface area contributed by atoms with Gasteiger partial charge in [-0.1, -0.05) is 6.55 Å². The lowest BCUT2D eigenvalue weighted by molar-refractivity contribution is 0.447. The third-order valence-electron chi connectivity index (χ3n) is 0.333. The average Bonchev–Trinajstić information content (AvgIpc) is 1.41. The van der Waals surface area contributed by atoms with Gasteiger partial charge in [0.2, 0.25) is 0 Å². The molecule has 0 saturated heterocycles. The summed E-state index contributed by atoms with van der Waals surface area (Å²) in [4.78, 5) is 0. The predicted molar refractivity (Wildman–Crippen MR) is 25.5 cm³/mol. The Bertz CT molecular complexity index is 14.4. The molecule has 0 spiro atoms. The summed E-state index contributed by atoms with van der Waals surface area (Å²) in [5.41, 5.74) is 0. The first-order valence-corrected chi connectivity index (χ1v) is 3.80. The summed E-state index contributed by atoms with van der Waals surface area (Å²) in [6.07, 6.45) is 0. The van der Waals surface area contributed by atoms with E-state index in [9.17, 15) is 0 Å². The van der Waals surface area contributed by atoms with Gasteiger partial charge in [0.1, 0.15) is 0 Å². The van der Waals surface area contributed by atoms with Crippen molar-refractivity contribution in [1.82, 2.24) is 0 Å². The molecular formula is C3H9OSi. The maximum Gasteiger partial charge on any atom is 0.159 e. The smallest absolute Gasteiger partial charge is 0.159 e. The van der Waals surface area contributed by atoms with Crippen LogP contribution in [0.4, 0.5) is 0 Å². The van der Waals surface area contributed by atoms with Gasteiger partial charge in [-0.25, -0.2) is 0 Å². The van der Waals surface area contributed by atoms with Gasteiger partial charge in [0.15, 0.2) is 9.76 Å². The van der Waals surface area contributed by atoms with Crippen molar-refractivity contribution in [2.45, 2.75) is 13.5 Å². The highest BCUT2D eigenvalue weighted by atomic mass is 28.2. The molecule has 0 aliphatic carbocycles. The molecule has 2 heteroatoms. The molecule has 0 amide bonds. The summed E-state index contributed by atoms with van der Waals surface area (Å²) in [6.45, 7) is 5.74. The Labute approximate surface area is 35.3 Å². The van der Waals surface area contributed by atoms with E-state index in [4.69, 9.17) is 4.43 Å². The van der Waals surface area contributed by atoms with Crippen LogP contribution in [0.25, 0.3) is 0 Å². The van der Waals surface area contributed by atoms with E-state index >= 15 is 0 Å². The van der Waals surface area contributed by atoms with Gasteiger partial charge in [0.25, 0.3) is 0 Å². The van der Waals surface area contributed by atoms with Crippen LogP contribution in [-0.2, 0) is 4.43 Å².